The minimum atomic E-state index is -4.42. The average molecular weight is 488 g/mol. The van der Waals surface area contributed by atoms with Crippen LogP contribution in [0.3, 0.4) is 0 Å². The molecule has 2 fully saturated rings. The molecule has 2 aliphatic heterocycles. The third kappa shape index (κ3) is 5.29. The second-order valence-electron chi connectivity index (χ2n) is 9.95. The van der Waals surface area contributed by atoms with Crippen molar-refractivity contribution >= 4 is 11.9 Å². The fourth-order valence-corrected chi connectivity index (χ4v) is 5.22. The van der Waals surface area contributed by atoms with Gasteiger partial charge in [-0.25, -0.2) is 9.97 Å². The van der Waals surface area contributed by atoms with Gasteiger partial charge in [0.1, 0.15) is 0 Å². The lowest BCUT2D eigenvalue weighted by Gasteiger charge is -2.43. The molecule has 1 aromatic heterocycles. The molecule has 1 aromatic carbocycles. The number of hydrogen-bond donors (Lipinski definition) is 0. The summed E-state index contributed by atoms with van der Waals surface area (Å²) in [6.07, 6.45) is 2.69. The molecular weight excluding hydrogens is 455 g/mol. The third-order valence-electron chi connectivity index (χ3n) is 7.77. The molecule has 1 saturated heterocycles. The summed E-state index contributed by atoms with van der Waals surface area (Å²) in [6, 6.07) is 4.36. The summed E-state index contributed by atoms with van der Waals surface area (Å²) >= 11 is 0. The van der Waals surface area contributed by atoms with Gasteiger partial charge in [-0.2, -0.15) is 13.2 Å². The quantitative estimate of drug-likeness (QED) is 0.659. The van der Waals surface area contributed by atoms with Gasteiger partial charge in [0.15, 0.2) is 0 Å². The molecule has 3 aliphatic rings. The SMILES string of the molecule is Cc1ccc(C(F)(F)F)cc1CC(=O)N1CCc2cnc(N3CCN(C4CCC4)CC3)nc2CC1. The first-order chi connectivity index (χ1) is 16.8. The van der Waals surface area contributed by atoms with E-state index in [4.69, 9.17) is 4.98 Å². The van der Waals surface area contributed by atoms with Gasteiger partial charge in [0.25, 0.3) is 0 Å². The smallest absolute Gasteiger partial charge is 0.342 e. The van der Waals surface area contributed by atoms with E-state index in [0.29, 0.717) is 37.1 Å². The van der Waals surface area contributed by atoms with Crippen molar-refractivity contribution in [2.24, 2.45) is 0 Å². The van der Waals surface area contributed by atoms with Gasteiger partial charge >= 0.3 is 6.18 Å². The van der Waals surface area contributed by atoms with Crippen LogP contribution in [-0.4, -0.2) is 71.0 Å². The molecule has 0 N–H and O–H groups in total. The lowest BCUT2D eigenvalue weighted by atomic mass is 9.91. The molecule has 1 saturated carbocycles. The second-order valence-corrected chi connectivity index (χ2v) is 9.95. The number of carbonyl (C=O) groups excluding carboxylic acids is 1. The lowest BCUT2D eigenvalue weighted by Crippen LogP contribution is -2.52. The van der Waals surface area contributed by atoms with E-state index in [0.717, 1.165) is 61.6 Å². The number of rotatable bonds is 4. The molecule has 3 heterocycles. The van der Waals surface area contributed by atoms with Crippen molar-refractivity contribution in [3.05, 3.63) is 52.3 Å². The van der Waals surface area contributed by atoms with Crippen molar-refractivity contribution < 1.29 is 18.0 Å². The van der Waals surface area contributed by atoms with Crippen LogP contribution < -0.4 is 4.90 Å². The molecule has 0 atom stereocenters. The van der Waals surface area contributed by atoms with Crippen LogP contribution in [0.25, 0.3) is 0 Å². The van der Waals surface area contributed by atoms with Crippen molar-refractivity contribution in [2.75, 3.05) is 44.2 Å². The number of fused-ring (bicyclic) bond motifs is 1. The highest BCUT2D eigenvalue weighted by molar-refractivity contribution is 5.79. The predicted molar refractivity (Wildman–Crippen MR) is 127 cm³/mol. The van der Waals surface area contributed by atoms with Gasteiger partial charge in [0.05, 0.1) is 17.7 Å². The fourth-order valence-electron chi connectivity index (χ4n) is 5.22. The highest BCUT2D eigenvalue weighted by atomic mass is 19.4. The predicted octanol–water partition coefficient (Wildman–Crippen LogP) is 3.65. The summed E-state index contributed by atoms with van der Waals surface area (Å²) in [5.74, 6) is 0.608. The number of halogens is 3. The zero-order chi connectivity index (χ0) is 24.6. The van der Waals surface area contributed by atoms with Gasteiger partial charge in [-0.1, -0.05) is 12.5 Å². The van der Waals surface area contributed by atoms with Crippen LogP contribution in [0.4, 0.5) is 19.1 Å². The molecule has 2 aromatic rings. The van der Waals surface area contributed by atoms with Crippen LogP contribution in [-0.2, 0) is 30.2 Å². The standard InChI is InChI=1S/C26H32F3N5O/c1-18-5-6-21(26(27,28)29)15-20(18)16-24(35)33-9-7-19-17-30-25(31-23(19)8-10-33)34-13-11-32(12-14-34)22-3-2-4-22/h5-6,15,17,22H,2-4,7-14,16H2,1H3. The maximum absolute atomic E-state index is 13.1. The van der Waals surface area contributed by atoms with Crippen molar-refractivity contribution in [1.29, 1.82) is 0 Å². The van der Waals surface area contributed by atoms with Crippen molar-refractivity contribution in [3.63, 3.8) is 0 Å². The minimum absolute atomic E-state index is 0.0334. The molecule has 1 amide bonds. The molecule has 9 heteroatoms. The Morgan fingerprint density at radius 1 is 1.06 bits per heavy atom. The minimum Gasteiger partial charge on any atom is -0.342 e. The molecule has 188 valence electrons. The molecule has 0 bridgehead atoms. The fraction of sp³-hybridized carbons (Fsp3) is 0.577. The topological polar surface area (TPSA) is 52.6 Å². The van der Waals surface area contributed by atoms with E-state index in [-0.39, 0.29) is 12.3 Å². The first-order valence-corrected chi connectivity index (χ1v) is 12.6. The summed E-state index contributed by atoms with van der Waals surface area (Å²) in [5, 5.41) is 0. The maximum atomic E-state index is 13.1. The number of nitrogens with zero attached hydrogens (tertiary/aromatic N) is 5. The second kappa shape index (κ2) is 9.76. The van der Waals surface area contributed by atoms with Gasteiger partial charge < -0.3 is 9.80 Å². The Hall–Kier alpha value is -2.68. The Morgan fingerprint density at radius 3 is 2.49 bits per heavy atom. The number of alkyl halides is 3. The third-order valence-corrected chi connectivity index (χ3v) is 7.77. The van der Waals surface area contributed by atoms with E-state index in [9.17, 15) is 18.0 Å². The van der Waals surface area contributed by atoms with Gasteiger partial charge in [-0.05, 0) is 55.0 Å². The van der Waals surface area contributed by atoms with Gasteiger partial charge in [-0.3, -0.25) is 9.69 Å². The monoisotopic (exact) mass is 487 g/mol. The number of aryl methyl sites for hydroxylation is 1. The van der Waals surface area contributed by atoms with Gasteiger partial charge in [-0.15, -0.1) is 0 Å². The number of anilines is 1. The normalized spacial score (nSPS) is 19.8. The number of benzene rings is 1. The Labute approximate surface area is 204 Å². The summed E-state index contributed by atoms with van der Waals surface area (Å²) in [7, 11) is 0. The van der Waals surface area contributed by atoms with E-state index in [1.165, 1.54) is 25.3 Å². The summed E-state index contributed by atoms with van der Waals surface area (Å²) in [5.41, 5.74) is 2.42. The highest BCUT2D eigenvalue weighted by Gasteiger charge is 2.32. The molecule has 0 radical (unpaired) electrons. The van der Waals surface area contributed by atoms with E-state index in [2.05, 4.69) is 14.8 Å². The molecule has 5 rings (SSSR count). The van der Waals surface area contributed by atoms with E-state index >= 15 is 0 Å². The van der Waals surface area contributed by atoms with Crippen LogP contribution in [0, 0.1) is 6.92 Å². The number of piperazine rings is 1. The van der Waals surface area contributed by atoms with Gasteiger partial charge in [0, 0.05) is 57.9 Å². The Balaban J connectivity index is 1.21. The van der Waals surface area contributed by atoms with Crippen LogP contribution >= 0.6 is 0 Å². The summed E-state index contributed by atoms with van der Waals surface area (Å²) < 4.78 is 39.4. The first-order valence-electron chi connectivity index (χ1n) is 12.6. The summed E-state index contributed by atoms with van der Waals surface area (Å²) in [6.45, 7) is 6.71. The van der Waals surface area contributed by atoms with Crippen molar-refractivity contribution in [3.8, 4) is 0 Å². The molecular formula is C26H32F3N5O. The van der Waals surface area contributed by atoms with Gasteiger partial charge in [0.2, 0.25) is 11.9 Å². The van der Waals surface area contributed by atoms with Crippen LogP contribution in [0.5, 0.6) is 0 Å². The van der Waals surface area contributed by atoms with Crippen molar-refractivity contribution in [2.45, 2.75) is 57.7 Å². The Bertz CT molecular complexity index is 1080. The van der Waals surface area contributed by atoms with Crippen LogP contribution in [0.15, 0.2) is 24.4 Å². The molecule has 35 heavy (non-hydrogen) atoms. The van der Waals surface area contributed by atoms with Crippen LogP contribution in [0.1, 0.15) is 47.2 Å². The zero-order valence-corrected chi connectivity index (χ0v) is 20.2. The van der Waals surface area contributed by atoms with E-state index in [1.54, 1.807) is 11.8 Å². The van der Waals surface area contributed by atoms with Crippen LogP contribution in [0.2, 0.25) is 0 Å². The Morgan fingerprint density at radius 2 is 1.80 bits per heavy atom. The number of carbonyl (C=O) groups is 1. The summed E-state index contributed by atoms with van der Waals surface area (Å²) in [4.78, 5) is 29.1. The molecule has 1 aliphatic carbocycles. The van der Waals surface area contributed by atoms with E-state index < -0.39 is 11.7 Å². The first kappa shape index (κ1) is 24.0. The number of hydrogen-bond acceptors (Lipinski definition) is 5. The molecule has 0 unspecified atom stereocenters. The molecule has 6 nitrogen and oxygen atoms in total. The highest BCUT2D eigenvalue weighted by Crippen LogP contribution is 2.31. The van der Waals surface area contributed by atoms with E-state index in [1.807, 2.05) is 6.20 Å². The number of aromatic nitrogens is 2. The average Bonchev–Trinajstić information content (AvgIpc) is 3.01. The zero-order valence-electron chi connectivity index (χ0n) is 20.2. The largest absolute Gasteiger partial charge is 0.416 e. The Kier molecular flexibility index (Phi) is 6.70. The van der Waals surface area contributed by atoms with Crippen molar-refractivity contribution in [1.82, 2.24) is 19.8 Å². The molecule has 0 spiro atoms. The lowest BCUT2D eigenvalue weighted by molar-refractivity contribution is -0.138. The maximum Gasteiger partial charge on any atom is 0.416 e. The number of amides is 1.